The van der Waals surface area contributed by atoms with E-state index in [-0.39, 0.29) is 11.3 Å². The van der Waals surface area contributed by atoms with Gasteiger partial charge in [-0.25, -0.2) is 9.48 Å². The summed E-state index contributed by atoms with van der Waals surface area (Å²) in [5, 5.41) is 6.89. The van der Waals surface area contributed by atoms with Gasteiger partial charge in [-0.2, -0.15) is 5.10 Å². The van der Waals surface area contributed by atoms with E-state index in [1.807, 2.05) is 0 Å². The third-order valence-electron chi connectivity index (χ3n) is 2.71. The molecule has 23 heavy (non-hydrogen) atoms. The van der Waals surface area contributed by atoms with E-state index in [1.165, 1.54) is 31.3 Å². The molecule has 0 saturated heterocycles. The average molecular weight is 356 g/mol. The fraction of sp³-hybridized carbons (Fsp3) is 0.143. The number of carbonyl (C=O) groups is 2. The van der Waals surface area contributed by atoms with Crippen LogP contribution >= 0.6 is 23.2 Å². The number of aromatic nitrogens is 2. The molecule has 0 unspecified atom stereocenters. The largest absolute Gasteiger partial charge is 0.451 e. The van der Waals surface area contributed by atoms with Gasteiger partial charge < -0.3 is 10.1 Å². The maximum absolute atomic E-state index is 11.8. The molecule has 0 radical (unpaired) electrons. The molecule has 120 valence electrons. The van der Waals surface area contributed by atoms with Gasteiger partial charge in [-0.15, -0.1) is 0 Å². The number of aryl methyl sites for hydroxylation is 1. The summed E-state index contributed by atoms with van der Waals surface area (Å²) >= 11 is 11.7. The fourth-order valence-corrected chi connectivity index (χ4v) is 1.93. The van der Waals surface area contributed by atoms with Gasteiger partial charge in [0.1, 0.15) is 0 Å². The van der Waals surface area contributed by atoms with Crippen LogP contribution in [0.2, 0.25) is 10.0 Å². The topological polar surface area (TPSA) is 90.3 Å². The molecule has 0 atom stereocenters. The molecule has 1 heterocycles. The van der Waals surface area contributed by atoms with Gasteiger partial charge in [0.15, 0.2) is 12.3 Å². The Hall–Kier alpha value is -2.38. The zero-order chi connectivity index (χ0) is 17.0. The number of hydrogen-bond acceptors (Lipinski definition) is 5. The molecule has 0 aliphatic rings. The van der Waals surface area contributed by atoms with Gasteiger partial charge in [-0.3, -0.25) is 9.59 Å². The maximum Gasteiger partial charge on any atom is 0.359 e. The number of carbonyl (C=O) groups excluding carboxylic acids is 2. The summed E-state index contributed by atoms with van der Waals surface area (Å²) < 4.78 is 5.81. The third kappa shape index (κ3) is 4.54. The monoisotopic (exact) mass is 355 g/mol. The number of amides is 1. The highest BCUT2D eigenvalue weighted by Crippen LogP contribution is 2.25. The summed E-state index contributed by atoms with van der Waals surface area (Å²) in [4.78, 5) is 34.7. The van der Waals surface area contributed by atoms with Gasteiger partial charge in [0.25, 0.3) is 11.5 Å². The third-order valence-corrected chi connectivity index (χ3v) is 3.27. The van der Waals surface area contributed by atoms with Gasteiger partial charge in [-0.05, 0) is 24.3 Å². The summed E-state index contributed by atoms with van der Waals surface area (Å²) in [7, 11) is 1.40. The van der Waals surface area contributed by atoms with Crippen molar-refractivity contribution in [3.8, 4) is 0 Å². The number of ether oxygens (including phenoxy) is 1. The first kappa shape index (κ1) is 17.0. The van der Waals surface area contributed by atoms with Crippen LogP contribution in [0.25, 0.3) is 0 Å². The minimum absolute atomic E-state index is 0.0827. The molecule has 0 saturated carbocycles. The number of esters is 1. The van der Waals surface area contributed by atoms with Crippen LogP contribution in [0.5, 0.6) is 0 Å². The van der Waals surface area contributed by atoms with E-state index in [4.69, 9.17) is 27.9 Å². The lowest BCUT2D eigenvalue weighted by molar-refractivity contribution is -0.119. The molecule has 0 fully saturated rings. The van der Waals surface area contributed by atoms with Crippen LogP contribution in [-0.4, -0.2) is 28.3 Å². The van der Waals surface area contributed by atoms with Gasteiger partial charge in [0, 0.05) is 18.1 Å². The number of benzene rings is 1. The van der Waals surface area contributed by atoms with Gasteiger partial charge in [0.2, 0.25) is 0 Å². The quantitative estimate of drug-likeness (QED) is 0.845. The maximum atomic E-state index is 11.8. The summed E-state index contributed by atoms with van der Waals surface area (Å²) in [5.74, 6) is -1.42. The van der Waals surface area contributed by atoms with Crippen LogP contribution in [0.3, 0.4) is 0 Å². The minimum Gasteiger partial charge on any atom is -0.451 e. The van der Waals surface area contributed by atoms with E-state index in [0.29, 0.717) is 15.7 Å². The van der Waals surface area contributed by atoms with Crippen LogP contribution in [0.4, 0.5) is 5.69 Å². The van der Waals surface area contributed by atoms with Crippen molar-refractivity contribution in [2.45, 2.75) is 0 Å². The minimum atomic E-state index is -0.826. The molecule has 0 spiro atoms. The number of halogens is 2. The first-order valence-electron chi connectivity index (χ1n) is 6.33. The summed E-state index contributed by atoms with van der Waals surface area (Å²) in [6.45, 7) is -0.536. The zero-order valence-electron chi connectivity index (χ0n) is 11.9. The molecule has 0 aliphatic carbocycles. The highest BCUT2D eigenvalue weighted by Gasteiger charge is 2.13. The second-order valence-electron chi connectivity index (χ2n) is 4.43. The molecule has 1 N–H and O–H groups in total. The van der Waals surface area contributed by atoms with Crippen molar-refractivity contribution in [3.63, 3.8) is 0 Å². The number of nitrogens with one attached hydrogen (secondary N) is 1. The van der Waals surface area contributed by atoms with E-state index in [2.05, 4.69) is 10.4 Å². The van der Waals surface area contributed by atoms with Crippen molar-refractivity contribution in [2.24, 2.45) is 7.05 Å². The van der Waals surface area contributed by atoms with Crippen molar-refractivity contribution in [2.75, 3.05) is 11.9 Å². The molecule has 1 amide bonds. The predicted octanol–water partition coefficient (Wildman–Crippen LogP) is 1.88. The molecule has 1 aromatic carbocycles. The van der Waals surface area contributed by atoms with E-state index < -0.39 is 18.5 Å². The first-order chi connectivity index (χ1) is 10.9. The molecule has 0 bridgehead atoms. The Morgan fingerprint density at radius 3 is 2.70 bits per heavy atom. The van der Waals surface area contributed by atoms with E-state index in [9.17, 15) is 14.4 Å². The second-order valence-corrected chi connectivity index (χ2v) is 5.27. The van der Waals surface area contributed by atoms with Crippen LogP contribution in [0.1, 0.15) is 10.5 Å². The Bertz CT molecular complexity index is 820. The van der Waals surface area contributed by atoms with Crippen LogP contribution in [-0.2, 0) is 16.6 Å². The number of anilines is 1. The molecule has 9 heteroatoms. The van der Waals surface area contributed by atoms with Gasteiger partial charge in [0.05, 0.1) is 10.7 Å². The highest BCUT2D eigenvalue weighted by atomic mass is 35.5. The van der Waals surface area contributed by atoms with Crippen molar-refractivity contribution in [1.82, 2.24) is 9.78 Å². The fourth-order valence-electron chi connectivity index (χ4n) is 1.60. The van der Waals surface area contributed by atoms with Crippen LogP contribution in [0.15, 0.2) is 35.1 Å². The number of rotatable bonds is 4. The van der Waals surface area contributed by atoms with Crippen molar-refractivity contribution < 1.29 is 14.3 Å². The van der Waals surface area contributed by atoms with Gasteiger partial charge >= 0.3 is 5.97 Å². The molecular weight excluding hydrogens is 345 g/mol. The first-order valence-corrected chi connectivity index (χ1v) is 7.09. The lowest BCUT2D eigenvalue weighted by atomic mass is 10.3. The standard InChI is InChI=1S/C14H11Cl2N3O4/c1-19-13(21)5-4-10(18-19)14(22)23-7-12(20)17-11-6-8(15)2-3-9(11)16/h2-6H,7H2,1H3,(H,17,20). The zero-order valence-corrected chi connectivity index (χ0v) is 13.4. The molecule has 1 aromatic heterocycles. The summed E-state index contributed by atoms with van der Waals surface area (Å²) in [5.41, 5.74) is -0.143. The average Bonchev–Trinajstić information content (AvgIpc) is 2.51. The Labute approximate surface area is 140 Å². The molecule has 2 rings (SSSR count). The highest BCUT2D eigenvalue weighted by molar-refractivity contribution is 6.35. The summed E-state index contributed by atoms with van der Waals surface area (Å²) in [6.07, 6.45) is 0. The van der Waals surface area contributed by atoms with E-state index >= 15 is 0 Å². The Kier molecular flexibility index (Phi) is 5.36. The Balaban J connectivity index is 1.96. The number of nitrogens with zero attached hydrogens (tertiary/aromatic N) is 2. The second kappa shape index (κ2) is 7.26. The number of hydrogen-bond donors (Lipinski definition) is 1. The van der Waals surface area contributed by atoms with Gasteiger partial charge in [-0.1, -0.05) is 23.2 Å². The normalized spacial score (nSPS) is 10.2. The Morgan fingerprint density at radius 2 is 2.00 bits per heavy atom. The van der Waals surface area contributed by atoms with E-state index in [1.54, 1.807) is 6.07 Å². The van der Waals surface area contributed by atoms with Crippen LogP contribution < -0.4 is 10.9 Å². The molecule has 7 nitrogen and oxygen atoms in total. The predicted molar refractivity (Wildman–Crippen MR) is 84.9 cm³/mol. The lowest BCUT2D eigenvalue weighted by Crippen LogP contribution is -2.24. The smallest absolute Gasteiger partial charge is 0.359 e. The molecule has 0 aliphatic heterocycles. The van der Waals surface area contributed by atoms with Crippen molar-refractivity contribution >= 4 is 40.8 Å². The van der Waals surface area contributed by atoms with Crippen molar-refractivity contribution in [3.05, 3.63) is 56.4 Å². The van der Waals surface area contributed by atoms with Crippen LogP contribution in [0, 0.1) is 0 Å². The molecule has 2 aromatic rings. The van der Waals surface area contributed by atoms with Crippen molar-refractivity contribution in [1.29, 1.82) is 0 Å². The SMILES string of the molecule is Cn1nc(C(=O)OCC(=O)Nc2cc(Cl)ccc2Cl)ccc1=O. The lowest BCUT2D eigenvalue weighted by Gasteiger charge is -2.08. The Morgan fingerprint density at radius 1 is 1.26 bits per heavy atom. The summed E-state index contributed by atoms with van der Waals surface area (Å²) in [6, 6.07) is 6.97. The molecular formula is C14H11Cl2N3O4. The van der Waals surface area contributed by atoms with E-state index in [0.717, 1.165) is 4.68 Å².